The van der Waals surface area contributed by atoms with Gasteiger partial charge in [0.25, 0.3) is 0 Å². The van der Waals surface area contributed by atoms with Crippen molar-refractivity contribution in [2.75, 3.05) is 11.5 Å². The fourth-order valence-corrected chi connectivity index (χ4v) is 1.44. The minimum atomic E-state index is 0.198. The van der Waals surface area contributed by atoms with Gasteiger partial charge in [-0.25, -0.2) is 4.98 Å². The average molecular weight is 200 g/mol. The number of nitrogens with zero attached hydrogens (tertiary/aromatic N) is 2. The number of aryl methyl sites for hydroxylation is 1. The van der Waals surface area contributed by atoms with E-state index in [9.17, 15) is 0 Å². The van der Waals surface area contributed by atoms with Crippen LogP contribution in [0.4, 0.5) is 11.8 Å². The van der Waals surface area contributed by atoms with E-state index in [4.69, 9.17) is 11.5 Å². The molecule has 0 unspecified atom stereocenters. The van der Waals surface area contributed by atoms with Gasteiger partial charge in [-0.2, -0.15) is 4.98 Å². The molecule has 2 aromatic rings. The second-order valence-electron chi connectivity index (χ2n) is 3.40. The van der Waals surface area contributed by atoms with Crippen LogP contribution in [0.2, 0.25) is 0 Å². The van der Waals surface area contributed by atoms with Crippen molar-refractivity contribution in [2.24, 2.45) is 0 Å². The van der Waals surface area contributed by atoms with Crippen molar-refractivity contribution in [1.82, 2.24) is 9.97 Å². The summed E-state index contributed by atoms with van der Waals surface area (Å²) in [4.78, 5) is 7.86. The number of hydrogen-bond donors (Lipinski definition) is 2. The maximum atomic E-state index is 5.77. The molecule has 0 spiro atoms. The quantitative estimate of drug-likeness (QED) is 0.733. The van der Waals surface area contributed by atoms with Gasteiger partial charge in [0.2, 0.25) is 5.95 Å². The van der Waals surface area contributed by atoms with Gasteiger partial charge in [-0.1, -0.05) is 29.8 Å². The zero-order valence-corrected chi connectivity index (χ0v) is 8.44. The monoisotopic (exact) mass is 200 g/mol. The average Bonchev–Trinajstić information content (AvgIpc) is 2.17. The summed E-state index contributed by atoms with van der Waals surface area (Å²) in [5.74, 6) is 0.608. The molecule has 0 saturated heterocycles. The van der Waals surface area contributed by atoms with Crippen LogP contribution in [0.1, 0.15) is 5.56 Å². The molecule has 0 aliphatic rings. The summed E-state index contributed by atoms with van der Waals surface area (Å²) in [6.45, 7) is 2.03. The Bertz CT molecular complexity index is 494. The first-order valence-corrected chi connectivity index (χ1v) is 4.62. The molecule has 0 aliphatic carbocycles. The molecule has 0 amide bonds. The molecule has 76 valence electrons. The van der Waals surface area contributed by atoms with Gasteiger partial charge in [0.1, 0.15) is 5.82 Å². The summed E-state index contributed by atoms with van der Waals surface area (Å²) in [7, 11) is 0. The number of hydrogen-bond acceptors (Lipinski definition) is 4. The molecule has 0 radical (unpaired) electrons. The Balaban J connectivity index is 2.54. The third kappa shape index (κ3) is 1.88. The van der Waals surface area contributed by atoms with Crippen LogP contribution in [0.5, 0.6) is 0 Å². The van der Waals surface area contributed by atoms with Crippen molar-refractivity contribution < 1.29 is 0 Å². The van der Waals surface area contributed by atoms with E-state index in [0.717, 1.165) is 11.1 Å². The van der Waals surface area contributed by atoms with Gasteiger partial charge in [0.15, 0.2) is 0 Å². The second-order valence-corrected chi connectivity index (χ2v) is 3.40. The summed E-state index contributed by atoms with van der Waals surface area (Å²) in [6.07, 6.45) is 1.65. The van der Waals surface area contributed by atoms with Crippen LogP contribution in [-0.2, 0) is 0 Å². The van der Waals surface area contributed by atoms with Gasteiger partial charge in [-0.05, 0) is 12.5 Å². The van der Waals surface area contributed by atoms with Crippen LogP contribution in [0.15, 0.2) is 30.5 Å². The first-order chi connectivity index (χ1) is 7.16. The smallest absolute Gasteiger partial charge is 0.221 e. The van der Waals surface area contributed by atoms with Gasteiger partial charge in [0.05, 0.1) is 0 Å². The maximum absolute atomic E-state index is 5.77. The molecule has 0 aliphatic heterocycles. The lowest BCUT2D eigenvalue weighted by Crippen LogP contribution is -2.00. The van der Waals surface area contributed by atoms with Crippen LogP contribution < -0.4 is 11.5 Å². The first-order valence-electron chi connectivity index (χ1n) is 4.62. The first kappa shape index (κ1) is 9.45. The van der Waals surface area contributed by atoms with Crippen LogP contribution in [0.25, 0.3) is 11.1 Å². The van der Waals surface area contributed by atoms with Crippen molar-refractivity contribution in [2.45, 2.75) is 6.92 Å². The molecule has 4 heteroatoms. The van der Waals surface area contributed by atoms with Gasteiger partial charge in [0, 0.05) is 11.8 Å². The van der Waals surface area contributed by atoms with E-state index in [1.165, 1.54) is 5.56 Å². The Morgan fingerprint density at radius 3 is 2.67 bits per heavy atom. The summed E-state index contributed by atoms with van der Waals surface area (Å²) in [5, 5.41) is 0. The lowest BCUT2D eigenvalue weighted by Gasteiger charge is -2.05. The molecule has 0 fully saturated rings. The molecular formula is C11H12N4. The van der Waals surface area contributed by atoms with Crippen LogP contribution in [-0.4, -0.2) is 9.97 Å². The summed E-state index contributed by atoms with van der Waals surface area (Å²) >= 11 is 0. The van der Waals surface area contributed by atoms with E-state index in [2.05, 4.69) is 9.97 Å². The third-order valence-corrected chi connectivity index (χ3v) is 2.17. The molecule has 0 bridgehead atoms. The Morgan fingerprint density at radius 2 is 2.00 bits per heavy atom. The zero-order valence-electron chi connectivity index (χ0n) is 8.44. The van der Waals surface area contributed by atoms with E-state index in [1.54, 1.807) is 6.20 Å². The molecule has 1 aromatic carbocycles. The van der Waals surface area contributed by atoms with E-state index >= 15 is 0 Å². The largest absolute Gasteiger partial charge is 0.383 e. The lowest BCUT2D eigenvalue weighted by atomic mass is 10.1. The standard InChI is InChI=1S/C11H12N4/c1-7-3-2-4-8(5-7)9-6-14-11(13)15-10(9)12/h2-6H,1H3,(H4,12,13,14,15). The van der Waals surface area contributed by atoms with Crippen molar-refractivity contribution in [3.8, 4) is 11.1 Å². The summed E-state index contributed by atoms with van der Waals surface area (Å²) < 4.78 is 0. The number of nitrogen functional groups attached to an aromatic ring is 2. The summed E-state index contributed by atoms with van der Waals surface area (Å²) in [5.41, 5.74) is 14.2. The molecule has 4 nitrogen and oxygen atoms in total. The predicted octanol–water partition coefficient (Wildman–Crippen LogP) is 1.62. The summed E-state index contributed by atoms with van der Waals surface area (Å²) in [6, 6.07) is 8.00. The SMILES string of the molecule is Cc1cccc(-c2cnc(N)nc2N)c1. The number of nitrogens with two attached hydrogens (primary N) is 2. The third-order valence-electron chi connectivity index (χ3n) is 2.17. The Labute approximate surface area is 88.0 Å². The highest BCUT2D eigenvalue weighted by molar-refractivity contribution is 5.73. The minimum Gasteiger partial charge on any atom is -0.383 e. The molecule has 0 saturated carbocycles. The molecule has 1 heterocycles. The van der Waals surface area contributed by atoms with Gasteiger partial charge >= 0.3 is 0 Å². The maximum Gasteiger partial charge on any atom is 0.221 e. The van der Waals surface area contributed by atoms with Crippen molar-refractivity contribution >= 4 is 11.8 Å². The molecular weight excluding hydrogens is 188 g/mol. The second kappa shape index (κ2) is 3.57. The fourth-order valence-electron chi connectivity index (χ4n) is 1.44. The molecule has 15 heavy (non-hydrogen) atoms. The highest BCUT2D eigenvalue weighted by atomic mass is 15.0. The van der Waals surface area contributed by atoms with E-state index in [-0.39, 0.29) is 5.95 Å². The van der Waals surface area contributed by atoms with Crippen molar-refractivity contribution in [1.29, 1.82) is 0 Å². The van der Waals surface area contributed by atoms with E-state index in [1.807, 2.05) is 31.2 Å². The topological polar surface area (TPSA) is 77.8 Å². The minimum absolute atomic E-state index is 0.198. The highest BCUT2D eigenvalue weighted by Crippen LogP contribution is 2.24. The normalized spacial score (nSPS) is 10.2. The number of benzene rings is 1. The molecule has 1 aromatic heterocycles. The van der Waals surface area contributed by atoms with Gasteiger partial charge in [-0.15, -0.1) is 0 Å². The van der Waals surface area contributed by atoms with Crippen LogP contribution >= 0.6 is 0 Å². The van der Waals surface area contributed by atoms with Gasteiger partial charge < -0.3 is 11.5 Å². The highest BCUT2D eigenvalue weighted by Gasteiger charge is 2.04. The Kier molecular flexibility index (Phi) is 2.25. The fraction of sp³-hybridized carbons (Fsp3) is 0.0909. The molecule has 0 atom stereocenters. The van der Waals surface area contributed by atoms with Gasteiger partial charge in [-0.3, -0.25) is 0 Å². The van der Waals surface area contributed by atoms with Crippen molar-refractivity contribution in [3.05, 3.63) is 36.0 Å². The number of anilines is 2. The van der Waals surface area contributed by atoms with Crippen molar-refractivity contribution in [3.63, 3.8) is 0 Å². The van der Waals surface area contributed by atoms with E-state index in [0.29, 0.717) is 5.82 Å². The number of rotatable bonds is 1. The van der Waals surface area contributed by atoms with Crippen LogP contribution in [0.3, 0.4) is 0 Å². The molecule has 2 rings (SSSR count). The Morgan fingerprint density at radius 1 is 1.20 bits per heavy atom. The number of aromatic nitrogens is 2. The predicted molar refractivity (Wildman–Crippen MR) is 61.0 cm³/mol. The molecule has 4 N–H and O–H groups in total. The lowest BCUT2D eigenvalue weighted by molar-refractivity contribution is 1.20. The van der Waals surface area contributed by atoms with Crippen LogP contribution in [0, 0.1) is 6.92 Å². The zero-order chi connectivity index (χ0) is 10.8. The Hall–Kier alpha value is -2.10. The van der Waals surface area contributed by atoms with E-state index < -0.39 is 0 Å².